The Morgan fingerprint density at radius 1 is 1.20 bits per heavy atom. The Kier molecular flexibility index (Phi) is 7.53. The number of aromatic nitrogens is 2. The van der Waals surface area contributed by atoms with Gasteiger partial charge in [-0.15, -0.1) is 11.3 Å². The van der Waals surface area contributed by atoms with E-state index in [1.165, 1.54) is 4.90 Å². The number of aryl methyl sites for hydroxylation is 1. The first-order valence-electron chi connectivity index (χ1n) is 13.2. The average molecular weight is 591 g/mol. The maximum atomic E-state index is 12.8. The van der Waals surface area contributed by atoms with Crippen molar-refractivity contribution in [3.8, 4) is 16.9 Å². The molecule has 2 N–H and O–H groups in total. The van der Waals surface area contributed by atoms with Crippen LogP contribution in [0.5, 0.6) is 5.75 Å². The highest BCUT2D eigenvalue weighted by molar-refractivity contribution is 7.19. The monoisotopic (exact) mass is 590 g/mol. The normalized spacial score (nSPS) is 23.2. The lowest BCUT2D eigenvalue weighted by Crippen LogP contribution is -2.37. The van der Waals surface area contributed by atoms with Crippen molar-refractivity contribution in [2.45, 2.75) is 52.4 Å². The van der Waals surface area contributed by atoms with E-state index in [4.69, 9.17) is 14.6 Å². The van der Waals surface area contributed by atoms with Crippen LogP contribution in [-0.4, -0.2) is 63.1 Å². The molecule has 1 aliphatic carbocycles. The Morgan fingerprint density at radius 2 is 1.88 bits per heavy atom. The maximum absolute atomic E-state index is 12.8. The first-order valence-corrected chi connectivity index (χ1v) is 14.0. The molecule has 2 amide bonds. The summed E-state index contributed by atoms with van der Waals surface area (Å²) in [6.07, 6.45) is 0.775. The summed E-state index contributed by atoms with van der Waals surface area (Å²) in [5.41, 5.74) is 3.62. The van der Waals surface area contributed by atoms with Crippen LogP contribution in [0.4, 0.5) is 13.2 Å². The predicted octanol–water partition coefficient (Wildman–Crippen LogP) is 4.57. The molecule has 2 aliphatic heterocycles. The molecule has 13 heteroatoms. The van der Waals surface area contributed by atoms with Crippen molar-refractivity contribution in [3.05, 3.63) is 41.2 Å². The first kappa shape index (κ1) is 28.9. The van der Waals surface area contributed by atoms with Crippen LogP contribution in [0.25, 0.3) is 21.3 Å². The van der Waals surface area contributed by atoms with E-state index in [1.54, 1.807) is 17.5 Å². The Balaban J connectivity index is 0.000000431. The van der Waals surface area contributed by atoms with E-state index in [9.17, 15) is 22.8 Å². The lowest BCUT2D eigenvalue weighted by molar-refractivity contribution is -0.192. The molecule has 2 saturated heterocycles. The molecule has 9 nitrogen and oxygen atoms in total. The Hall–Kier alpha value is -3.58. The number of amides is 2. The van der Waals surface area contributed by atoms with Crippen LogP contribution in [0.15, 0.2) is 30.6 Å². The number of thiophene rings is 1. The number of rotatable bonds is 5. The number of fused-ring (bicyclic) bond motifs is 2. The minimum Gasteiger partial charge on any atom is -0.487 e. The van der Waals surface area contributed by atoms with Crippen molar-refractivity contribution in [1.82, 2.24) is 20.2 Å². The number of hydrogen-bond donors (Lipinski definition) is 2. The summed E-state index contributed by atoms with van der Waals surface area (Å²) < 4.78 is 39.1. The molecule has 3 fully saturated rings. The second kappa shape index (κ2) is 10.7. The zero-order valence-electron chi connectivity index (χ0n) is 22.6. The van der Waals surface area contributed by atoms with Gasteiger partial charge in [0.25, 0.3) is 0 Å². The van der Waals surface area contributed by atoms with Crippen molar-refractivity contribution in [2.75, 3.05) is 13.1 Å². The highest BCUT2D eigenvalue weighted by Crippen LogP contribution is 2.63. The van der Waals surface area contributed by atoms with Gasteiger partial charge in [-0.3, -0.25) is 24.5 Å². The van der Waals surface area contributed by atoms with Gasteiger partial charge < -0.3 is 15.2 Å². The van der Waals surface area contributed by atoms with Crippen molar-refractivity contribution in [2.24, 2.45) is 17.3 Å². The molecule has 3 aromatic rings. The fourth-order valence-corrected chi connectivity index (χ4v) is 6.68. The summed E-state index contributed by atoms with van der Waals surface area (Å²) >= 11 is 1.59. The summed E-state index contributed by atoms with van der Waals surface area (Å²) in [5.74, 6) is -2.37. The first-order chi connectivity index (χ1) is 19.3. The molecule has 0 spiro atoms. The summed E-state index contributed by atoms with van der Waals surface area (Å²) in [7, 11) is 0. The third kappa shape index (κ3) is 5.65. The molecule has 0 aromatic carbocycles. The number of nitrogens with zero attached hydrogens (tertiary/aromatic N) is 3. The van der Waals surface area contributed by atoms with Crippen LogP contribution in [0.2, 0.25) is 0 Å². The molecule has 1 saturated carbocycles. The van der Waals surface area contributed by atoms with Crippen LogP contribution in [-0.2, 0) is 20.9 Å². The van der Waals surface area contributed by atoms with Crippen molar-refractivity contribution in [3.63, 3.8) is 0 Å². The second-order valence-electron chi connectivity index (χ2n) is 11.0. The van der Waals surface area contributed by atoms with Crippen LogP contribution >= 0.6 is 11.3 Å². The van der Waals surface area contributed by atoms with Gasteiger partial charge in [0, 0.05) is 34.4 Å². The minimum absolute atomic E-state index is 0.0350. The topological polar surface area (TPSA) is 122 Å². The summed E-state index contributed by atoms with van der Waals surface area (Å²) in [4.78, 5) is 46.0. The smallest absolute Gasteiger partial charge is 0.487 e. The van der Waals surface area contributed by atoms with E-state index in [1.807, 2.05) is 39.1 Å². The number of imide groups is 1. The van der Waals surface area contributed by atoms with Gasteiger partial charge >= 0.3 is 12.1 Å². The number of carboxylic acids is 1. The molecule has 0 radical (unpaired) electrons. The van der Waals surface area contributed by atoms with Crippen LogP contribution in [0.1, 0.15) is 37.3 Å². The van der Waals surface area contributed by atoms with Crippen LogP contribution in [0, 0.1) is 24.2 Å². The molecule has 3 aliphatic rings. The second-order valence-corrected chi connectivity index (χ2v) is 12.2. The molecule has 3 aromatic heterocycles. The van der Waals surface area contributed by atoms with Gasteiger partial charge in [-0.05, 0) is 49.9 Å². The number of carbonyl (C=O) groups excluding carboxylic acids is 2. The van der Waals surface area contributed by atoms with Gasteiger partial charge in [-0.25, -0.2) is 4.79 Å². The summed E-state index contributed by atoms with van der Waals surface area (Å²) in [5, 5.41) is 10.5. The fourth-order valence-electron chi connectivity index (χ4n) is 5.54. The van der Waals surface area contributed by atoms with Crippen LogP contribution in [0.3, 0.4) is 0 Å². The third-order valence-electron chi connectivity index (χ3n) is 7.75. The Morgan fingerprint density at radius 3 is 2.49 bits per heavy atom. The number of carbonyl (C=O) groups is 3. The van der Waals surface area contributed by atoms with Gasteiger partial charge in [0.15, 0.2) is 0 Å². The van der Waals surface area contributed by atoms with E-state index in [0.717, 1.165) is 63.6 Å². The van der Waals surface area contributed by atoms with E-state index in [0.29, 0.717) is 6.54 Å². The lowest BCUT2D eigenvalue weighted by atomic mass is 10.0. The van der Waals surface area contributed by atoms with E-state index in [2.05, 4.69) is 21.4 Å². The van der Waals surface area contributed by atoms with Crippen molar-refractivity contribution < 1.29 is 37.4 Å². The molecule has 3 atom stereocenters. The quantitative estimate of drug-likeness (QED) is 0.415. The number of carboxylic acid groups (broad SMARTS) is 1. The standard InChI is InChI=1S/C26H28N4O3S.C2HF3O2/c1-14-9-18(20(12-29-14)33-15-5-4-7-27-11-15)17-6-8-28-19-10-16(34-23(17)19)13-30-24(31)21-22(25(30)32)26(21,2)3;3-2(4,5)1(6)7/h6,8-10,12,15,21-22,27H,4-5,7,11,13H2,1-3H3;(H,6,7). The third-order valence-corrected chi connectivity index (χ3v) is 8.89. The number of hydrogen-bond acceptors (Lipinski definition) is 8. The van der Waals surface area contributed by atoms with Gasteiger partial charge in [-0.2, -0.15) is 13.2 Å². The molecular weight excluding hydrogens is 561 g/mol. The van der Waals surface area contributed by atoms with Crippen molar-refractivity contribution in [1.29, 1.82) is 0 Å². The highest BCUT2D eigenvalue weighted by atomic mass is 32.1. The highest BCUT2D eigenvalue weighted by Gasteiger charge is 2.72. The predicted molar refractivity (Wildman–Crippen MR) is 144 cm³/mol. The van der Waals surface area contributed by atoms with Gasteiger partial charge in [-0.1, -0.05) is 13.8 Å². The number of likely N-dealkylation sites (tertiary alicyclic amines) is 1. The SMILES string of the molecule is Cc1cc(-c2ccnc3cc(CN4C(=O)C5C(C4=O)C5(C)C)sc23)c(OC2CCCNC2)cn1.O=C(O)C(F)(F)F. The van der Waals surface area contributed by atoms with E-state index >= 15 is 0 Å². The number of aliphatic carboxylic acids is 1. The number of piperidine rings is 2. The number of nitrogens with one attached hydrogen (secondary N) is 1. The zero-order chi connectivity index (χ0) is 29.7. The number of alkyl halides is 3. The molecule has 0 bridgehead atoms. The Labute approximate surface area is 237 Å². The molecule has 218 valence electrons. The molecule has 5 heterocycles. The summed E-state index contributed by atoms with van der Waals surface area (Å²) in [6.45, 7) is 8.16. The largest absolute Gasteiger partial charge is 0.490 e. The molecule has 3 unspecified atom stereocenters. The van der Waals surface area contributed by atoms with Crippen molar-refractivity contribution >= 4 is 39.3 Å². The molecule has 6 rings (SSSR count). The zero-order valence-corrected chi connectivity index (χ0v) is 23.4. The fraction of sp³-hybridized carbons (Fsp3) is 0.464. The molecule has 41 heavy (non-hydrogen) atoms. The maximum Gasteiger partial charge on any atom is 0.490 e. The minimum atomic E-state index is -5.08. The Bertz CT molecular complexity index is 1490. The number of halogens is 3. The number of ether oxygens (including phenoxy) is 1. The molecular formula is C28H29F3N4O5S. The average Bonchev–Trinajstić information content (AvgIpc) is 3.15. The van der Waals surface area contributed by atoms with Gasteiger partial charge in [0.1, 0.15) is 11.9 Å². The summed E-state index contributed by atoms with van der Waals surface area (Å²) in [6, 6.07) is 6.06. The van der Waals surface area contributed by atoms with Gasteiger partial charge in [0.05, 0.1) is 34.8 Å². The van der Waals surface area contributed by atoms with E-state index in [-0.39, 0.29) is 35.2 Å². The lowest BCUT2D eigenvalue weighted by Gasteiger charge is -2.25. The number of pyridine rings is 2. The van der Waals surface area contributed by atoms with E-state index < -0.39 is 12.1 Å². The van der Waals surface area contributed by atoms with Crippen LogP contribution < -0.4 is 10.1 Å². The van der Waals surface area contributed by atoms with Gasteiger partial charge in [0.2, 0.25) is 11.8 Å².